The Morgan fingerprint density at radius 1 is 1.19 bits per heavy atom. The minimum absolute atomic E-state index is 0.288. The second-order valence-electron chi connectivity index (χ2n) is 5.29. The van der Waals surface area contributed by atoms with Gasteiger partial charge in [0, 0.05) is 11.3 Å². The van der Waals surface area contributed by atoms with Gasteiger partial charge >= 0.3 is 0 Å². The van der Waals surface area contributed by atoms with E-state index in [1.807, 2.05) is 0 Å². The summed E-state index contributed by atoms with van der Waals surface area (Å²) in [6.45, 7) is 9.62. The van der Waals surface area contributed by atoms with Gasteiger partial charge in [-0.05, 0) is 44.8 Å². The van der Waals surface area contributed by atoms with Crippen molar-refractivity contribution < 1.29 is 0 Å². The lowest BCUT2D eigenvalue weighted by molar-refractivity contribution is 0.530. The van der Waals surface area contributed by atoms with E-state index in [0.29, 0.717) is 0 Å². The van der Waals surface area contributed by atoms with Gasteiger partial charge in [-0.15, -0.1) is 16.4 Å². The Hall–Kier alpha value is -0.850. The maximum absolute atomic E-state index is 4.69. The van der Waals surface area contributed by atoms with Crippen LogP contribution in [0.5, 0.6) is 0 Å². The summed E-state index contributed by atoms with van der Waals surface area (Å²) in [5, 5.41) is 9.16. The van der Waals surface area contributed by atoms with Crippen LogP contribution in [0.25, 0.3) is 0 Å². The minimum Gasteiger partial charge on any atom is -0.309 e. The highest BCUT2D eigenvalue weighted by atomic mass is 32.1. The predicted molar refractivity (Wildman–Crippen MR) is 90.2 cm³/mol. The van der Waals surface area contributed by atoms with Gasteiger partial charge in [0.1, 0.15) is 0 Å². The van der Waals surface area contributed by atoms with Gasteiger partial charge < -0.3 is 5.32 Å². The summed E-state index contributed by atoms with van der Waals surface area (Å²) < 4.78 is 4.17. The van der Waals surface area contributed by atoms with Crippen molar-refractivity contribution in [2.24, 2.45) is 0 Å². The Balaban J connectivity index is 2.18. The summed E-state index contributed by atoms with van der Waals surface area (Å²) in [4.78, 5) is 7.29. The van der Waals surface area contributed by atoms with Crippen LogP contribution in [0.3, 0.4) is 0 Å². The van der Waals surface area contributed by atoms with Gasteiger partial charge in [0.25, 0.3) is 0 Å². The average molecular weight is 325 g/mol. The molecule has 2 aromatic rings. The molecule has 2 heterocycles. The molecule has 0 bridgehead atoms. The van der Waals surface area contributed by atoms with E-state index in [2.05, 4.69) is 47.6 Å². The molecular formula is C15H24N4S2. The zero-order chi connectivity index (χ0) is 15.2. The number of nitrogens with zero attached hydrogens (tertiary/aromatic N) is 3. The smallest absolute Gasteiger partial charge is 0.0950 e. The van der Waals surface area contributed by atoms with Crippen molar-refractivity contribution in [2.75, 3.05) is 6.54 Å². The van der Waals surface area contributed by atoms with E-state index in [1.165, 1.54) is 26.3 Å². The summed E-state index contributed by atoms with van der Waals surface area (Å²) in [7, 11) is 0. The molecule has 0 aromatic carbocycles. The molecule has 4 nitrogen and oxygen atoms in total. The maximum atomic E-state index is 4.69. The fourth-order valence-corrected chi connectivity index (χ4v) is 4.02. The topological polar surface area (TPSA) is 50.7 Å². The zero-order valence-electron chi connectivity index (χ0n) is 13.3. The molecule has 0 aliphatic rings. The molecule has 0 fully saturated rings. The lowest BCUT2D eigenvalue weighted by Crippen LogP contribution is -2.24. The molecule has 0 radical (unpaired) electrons. The van der Waals surface area contributed by atoms with Gasteiger partial charge in [-0.1, -0.05) is 24.8 Å². The first kappa shape index (κ1) is 16.5. The van der Waals surface area contributed by atoms with Crippen LogP contribution in [0.15, 0.2) is 0 Å². The van der Waals surface area contributed by atoms with Crippen LogP contribution < -0.4 is 5.32 Å². The van der Waals surface area contributed by atoms with Crippen molar-refractivity contribution >= 4 is 22.9 Å². The highest BCUT2D eigenvalue weighted by Crippen LogP contribution is 2.27. The summed E-state index contributed by atoms with van der Waals surface area (Å²) in [5.74, 6) is 0. The molecule has 1 N–H and O–H groups in total. The van der Waals surface area contributed by atoms with Gasteiger partial charge in [0.15, 0.2) is 0 Å². The molecule has 0 spiro atoms. The SMILES string of the molecule is CCCNC(Cc1nc(C)c(C)s1)c1snnc1CCC. The zero-order valence-corrected chi connectivity index (χ0v) is 14.9. The fraction of sp³-hybridized carbons (Fsp3) is 0.667. The van der Waals surface area contributed by atoms with Crippen molar-refractivity contribution in [1.82, 2.24) is 19.9 Å². The molecule has 0 aliphatic carbocycles. The van der Waals surface area contributed by atoms with E-state index >= 15 is 0 Å². The number of hydrogen-bond donors (Lipinski definition) is 1. The number of aryl methyl sites for hydroxylation is 3. The van der Waals surface area contributed by atoms with Crippen molar-refractivity contribution in [1.29, 1.82) is 0 Å². The first-order chi connectivity index (χ1) is 10.2. The maximum Gasteiger partial charge on any atom is 0.0950 e. The number of rotatable bonds is 8. The normalized spacial score (nSPS) is 12.8. The third-order valence-corrected chi connectivity index (χ3v) is 5.46. The molecule has 0 aliphatic heterocycles. The number of hydrogen-bond acceptors (Lipinski definition) is 6. The monoisotopic (exact) mass is 324 g/mol. The first-order valence-corrected chi connectivity index (χ1v) is 9.22. The number of thiazole rings is 1. The molecule has 1 unspecified atom stereocenters. The van der Waals surface area contributed by atoms with Crippen molar-refractivity contribution in [3.8, 4) is 0 Å². The van der Waals surface area contributed by atoms with Crippen LogP contribution in [0.2, 0.25) is 0 Å². The number of aromatic nitrogens is 3. The van der Waals surface area contributed by atoms with Crippen LogP contribution in [0.4, 0.5) is 0 Å². The third-order valence-electron chi connectivity index (χ3n) is 3.48. The molecule has 2 rings (SSSR count). The Morgan fingerprint density at radius 2 is 2.00 bits per heavy atom. The highest BCUT2D eigenvalue weighted by molar-refractivity contribution is 7.11. The first-order valence-electron chi connectivity index (χ1n) is 7.63. The van der Waals surface area contributed by atoms with E-state index in [1.54, 1.807) is 11.3 Å². The fourth-order valence-electron chi connectivity index (χ4n) is 2.27. The standard InChI is InChI=1S/C15H24N4S2/c1-5-7-12-15(21-19-18-12)13(16-8-6-2)9-14-17-10(3)11(4)20-14/h13,16H,5-9H2,1-4H3. The van der Waals surface area contributed by atoms with E-state index in [-0.39, 0.29) is 6.04 Å². The second-order valence-corrected chi connectivity index (χ2v) is 7.37. The lowest BCUT2D eigenvalue weighted by Gasteiger charge is -2.16. The van der Waals surface area contributed by atoms with Gasteiger partial charge in [-0.2, -0.15) is 0 Å². The van der Waals surface area contributed by atoms with E-state index in [9.17, 15) is 0 Å². The van der Waals surface area contributed by atoms with E-state index in [4.69, 9.17) is 0 Å². The quantitative estimate of drug-likeness (QED) is 0.801. The lowest BCUT2D eigenvalue weighted by atomic mass is 10.1. The second kappa shape index (κ2) is 7.96. The van der Waals surface area contributed by atoms with Crippen LogP contribution in [-0.2, 0) is 12.8 Å². The van der Waals surface area contributed by atoms with Crippen LogP contribution in [0.1, 0.15) is 58.9 Å². The molecule has 0 amide bonds. The number of nitrogens with one attached hydrogen (secondary N) is 1. The van der Waals surface area contributed by atoms with Crippen LogP contribution in [-0.4, -0.2) is 21.1 Å². The Kier molecular flexibility index (Phi) is 6.26. The van der Waals surface area contributed by atoms with Crippen molar-refractivity contribution in [3.05, 3.63) is 26.1 Å². The molecule has 0 saturated carbocycles. The van der Waals surface area contributed by atoms with Crippen molar-refractivity contribution in [2.45, 2.75) is 59.4 Å². The molecule has 0 saturated heterocycles. The largest absolute Gasteiger partial charge is 0.309 e. The third kappa shape index (κ3) is 4.31. The van der Waals surface area contributed by atoms with E-state index in [0.717, 1.165) is 43.6 Å². The van der Waals surface area contributed by atoms with E-state index < -0.39 is 0 Å². The predicted octanol–water partition coefficient (Wildman–Crippen LogP) is 3.85. The minimum atomic E-state index is 0.288. The Morgan fingerprint density at radius 3 is 2.62 bits per heavy atom. The summed E-state index contributed by atoms with van der Waals surface area (Å²) >= 11 is 3.34. The molecule has 1 atom stereocenters. The summed E-state index contributed by atoms with van der Waals surface area (Å²) in [5.41, 5.74) is 2.31. The van der Waals surface area contributed by atoms with Gasteiger partial charge in [-0.3, -0.25) is 0 Å². The van der Waals surface area contributed by atoms with Gasteiger partial charge in [0.05, 0.1) is 27.3 Å². The molecule has 21 heavy (non-hydrogen) atoms. The van der Waals surface area contributed by atoms with Crippen LogP contribution >= 0.6 is 22.9 Å². The highest BCUT2D eigenvalue weighted by Gasteiger charge is 2.20. The molecule has 116 valence electrons. The van der Waals surface area contributed by atoms with Gasteiger partial charge in [0.2, 0.25) is 0 Å². The molecule has 6 heteroatoms. The summed E-state index contributed by atoms with van der Waals surface area (Å²) in [6.07, 6.45) is 4.17. The van der Waals surface area contributed by atoms with Gasteiger partial charge in [-0.25, -0.2) is 4.98 Å². The average Bonchev–Trinajstić information content (AvgIpc) is 3.03. The molecular weight excluding hydrogens is 300 g/mol. The Labute approximate surface area is 135 Å². The summed E-state index contributed by atoms with van der Waals surface area (Å²) in [6, 6.07) is 0.288. The molecule has 2 aromatic heterocycles. The van der Waals surface area contributed by atoms with Crippen LogP contribution in [0, 0.1) is 13.8 Å². The van der Waals surface area contributed by atoms with Crippen molar-refractivity contribution in [3.63, 3.8) is 0 Å². The Bertz CT molecular complexity index is 542.